The molecule has 2 rings (SSSR count). The lowest BCUT2D eigenvalue weighted by Crippen LogP contribution is -2.19. The first-order chi connectivity index (χ1) is 11.2. The molecule has 3 heteroatoms. The summed E-state index contributed by atoms with van der Waals surface area (Å²) in [5.41, 5.74) is 2.44. The van der Waals surface area contributed by atoms with Gasteiger partial charge in [-0.3, -0.25) is 4.79 Å². The first-order valence-electron chi connectivity index (χ1n) is 8.15. The molecule has 0 heterocycles. The molecule has 0 aliphatic heterocycles. The van der Waals surface area contributed by atoms with E-state index in [1.165, 1.54) is 5.56 Å². The highest BCUT2D eigenvalue weighted by Gasteiger charge is 2.20. The standard InChI is InChI=1S/C20H24O2S/c21-19(12-7-13-20(22)23)18(17-10-5-2-6-11-17)15-14-16-8-3-1-4-9-16/h1-6,8-11,18-19,21H,7,12-15H2,(H,22,23). The van der Waals surface area contributed by atoms with E-state index in [9.17, 15) is 9.90 Å². The van der Waals surface area contributed by atoms with Gasteiger partial charge in [0.2, 0.25) is 0 Å². The van der Waals surface area contributed by atoms with E-state index < -0.39 is 6.10 Å². The van der Waals surface area contributed by atoms with Gasteiger partial charge in [0.25, 0.3) is 0 Å². The molecule has 2 unspecified atom stereocenters. The van der Waals surface area contributed by atoms with E-state index in [0.29, 0.717) is 19.3 Å². The van der Waals surface area contributed by atoms with Crippen molar-refractivity contribution in [2.75, 3.05) is 0 Å². The first-order valence-corrected chi connectivity index (χ1v) is 8.60. The molecule has 23 heavy (non-hydrogen) atoms. The predicted octanol–water partition coefficient (Wildman–Crippen LogP) is 4.39. The molecular weight excluding hydrogens is 304 g/mol. The normalized spacial score (nSPS) is 13.5. The topological polar surface area (TPSA) is 37.3 Å². The van der Waals surface area contributed by atoms with Crippen LogP contribution in [-0.2, 0) is 11.2 Å². The van der Waals surface area contributed by atoms with Gasteiger partial charge in [-0.25, -0.2) is 0 Å². The Bertz CT molecular complexity index is 583. The van der Waals surface area contributed by atoms with Crippen molar-refractivity contribution in [1.82, 2.24) is 0 Å². The van der Waals surface area contributed by atoms with E-state index in [1.54, 1.807) is 0 Å². The highest BCUT2D eigenvalue weighted by Crippen LogP contribution is 2.28. The Labute approximate surface area is 144 Å². The summed E-state index contributed by atoms with van der Waals surface area (Å²) in [7, 11) is 0. The number of hydrogen-bond acceptors (Lipinski definition) is 2. The Morgan fingerprint density at radius 2 is 1.57 bits per heavy atom. The Kier molecular flexibility index (Phi) is 7.37. The van der Waals surface area contributed by atoms with Gasteiger partial charge in [0.1, 0.15) is 0 Å². The van der Waals surface area contributed by atoms with E-state index in [2.05, 4.69) is 36.9 Å². The molecule has 0 aromatic heterocycles. The fourth-order valence-corrected chi connectivity index (χ4v) is 3.07. The average Bonchev–Trinajstić information content (AvgIpc) is 2.56. The molecular formula is C20H24O2S. The van der Waals surface area contributed by atoms with E-state index in [-0.39, 0.29) is 11.0 Å². The van der Waals surface area contributed by atoms with Gasteiger partial charge in [0, 0.05) is 12.3 Å². The van der Waals surface area contributed by atoms with Crippen molar-refractivity contribution in [3.05, 3.63) is 71.8 Å². The summed E-state index contributed by atoms with van der Waals surface area (Å²) in [5.74, 6) is 0.0893. The zero-order valence-corrected chi connectivity index (χ0v) is 14.2. The summed E-state index contributed by atoms with van der Waals surface area (Å²) in [4.78, 5) is 11.0. The Hall–Kier alpha value is -1.58. The highest BCUT2D eigenvalue weighted by atomic mass is 32.1. The lowest BCUT2D eigenvalue weighted by atomic mass is 9.86. The van der Waals surface area contributed by atoms with E-state index in [1.807, 2.05) is 36.4 Å². The second-order valence-corrected chi connectivity index (χ2v) is 6.39. The van der Waals surface area contributed by atoms with Crippen LogP contribution in [-0.4, -0.2) is 16.3 Å². The average molecular weight is 328 g/mol. The van der Waals surface area contributed by atoms with Gasteiger partial charge in [0.05, 0.1) is 6.10 Å². The van der Waals surface area contributed by atoms with E-state index in [0.717, 1.165) is 18.4 Å². The number of hydrogen-bond donors (Lipinski definition) is 2. The minimum atomic E-state index is -0.436. The van der Waals surface area contributed by atoms with Gasteiger partial charge >= 0.3 is 0 Å². The van der Waals surface area contributed by atoms with Crippen LogP contribution >= 0.6 is 12.6 Å². The smallest absolute Gasteiger partial charge is 0.185 e. The van der Waals surface area contributed by atoms with Crippen LogP contribution in [0.15, 0.2) is 60.7 Å². The lowest BCUT2D eigenvalue weighted by molar-refractivity contribution is -0.111. The van der Waals surface area contributed by atoms with Gasteiger partial charge in [-0.05, 0) is 36.8 Å². The molecule has 0 spiro atoms. The molecule has 0 bridgehead atoms. The van der Waals surface area contributed by atoms with Gasteiger partial charge in [-0.2, -0.15) is 0 Å². The number of thiol groups is 1. The molecule has 0 aliphatic rings. The summed E-state index contributed by atoms with van der Waals surface area (Å²) in [6.45, 7) is 0. The number of aryl methyl sites for hydroxylation is 1. The maximum Gasteiger partial charge on any atom is 0.185 e. The van der Waals surface area contributed by atoms with Crippen LogP contribution in [0.4, 0.5) is 0 Å². The molecule has 0 amide bonds. The molecule has 2 atom stereocenters. The molecule has 2 nitrogen and oxygen atoms in total. The maximum absolute atomic E-state index is 11.0. The van der Waals surface area contributed by atoms with Crippen LogP contribution in [0.3, 0.4) is 0 Å². The third-order valence-electron chi connectivity index (χ3n) is 4.17. The van der Waals surface area contributed by atoms with Crippen molar-refractivity contribution in [3.8, 4) is 0 Å². The molecule has 0 fully saturated rings. The second kappa shape index (κ2) is 9.53. The summed E-state index contributed by atoms with van der Waals surface area (Å²) >= 11 is 3.79. The quantitative estimate of drug-likeness (QED) is 0.670. The lowest BCUT2D eigenvalue weighted by Gasteiger charge is -2.23. The zero-order chi connectivity index (χ0) is 16.5. The largest absolute Gasteiger partial charge is 0.392 e. The number of carbonyl (C=O) groups is 1. The van der Waals surface area contributed by atoms with E-state index >= 15 is 0 Å². The van der Waals surface area contributed by atoms with Crippen molar-refractivity contribution >= 4 is 17.7 Å². The molecule has 0 radical (unpaired) electrons. The van der Waals surface area contributed by atoms with Crippen LogP contribution in [0.2, 0.25) is 0 Å². The Balaban J connectivity index is 2.01. The molecule has 2 aromatic carbocycles. The van der Waals surface area contributed by atoms with Crippen LogP contribution in [0, 0.1) is 0 Å². The predicted molar refractivity (Wildman–Crippen MR) is 97.8 cm³/mol. The number of carbonyl (C=O) groups excluding carboxylic acids is 1. The third kappa shape index (κ3) is 6.20. The minimum absolute atomic E-state index is 0.0893. The van der Waals surface area contributed by atoms with Crippen molar-refractivity contribution < 1.29 is 9.90 Å². The maximum atomic E-state index is 11.0. The van der Waals surface area contributed by atoms with Gasteiger partial charge in [-0.15, -0.1) is 12.6 Å². The monoisotopic (exact) mass is 328 g/mol. The molecule has 2 aromatic rings. The fourth-order valence-electron chi connectivity index (χ4n) is 2.91. The first kappa shape index (κ1) is 17.8. The molecule has 122 valence electrons. The van der Waals surface area contributed by atoms with Gasteiger partial charge < -0.3 is 5.11 Å². The number of rotatable bonds is 9. The van der Waals surface area contributed by atoms with Crippen molar-refractivity contribution in [2.24, 2.45) is 0 Å². The Morgan fingerprint density at radius 1 is 0.957 bits per heavy atom. The number of benzene rings is 2. The van der Waals surface area contributed by atoms with Crippen LogP contribution in [0.25, 0.3) is 0 Å². The minimum Gasteiger partial charge on any atom is -0.392 e. The highest BCUT2D eigenvalue weighted by molar-refractivity contribution is 7.96. The number of aliphatic hydroxyl groups is 1. The van der Waals surface area contributed by atoms with Crippen LogP contribution < -0.4 is 0 Å². The molecule has 0 saturated carbocycles. The summed E-state index contributed by atoms with van der Waals surface area (Å²) in [5, 5.41) is 10.5. The van der Waals surface area contributed by atoms with Crippen LogP contribution in [0.5, 0.6) is 0 Å². The van der Waals surface area contributed by atoms with E-state index in [4.69, 9.17) is 0 Å². The SMILES string of the molecule is O=C(S)CCCC(O)C(CCc1ccccc1)c1ccccc1. The fraction of sp³-hybridized carbons (Fsp3) is 0.350. The van der Waals surface area contributed by atoms with Gasteiger partial charge in [0.15, 0.2) is 5.12 Å². The Morgan fingerprint density at radius 3 is 2.17 bits per heavy atom. The summed E-state index contributed by atoms with van der Waals surface area (Å²) in [6, 6.07) is 20.5. The third-order valence-corrected chi connectivity index (χ3v) is 4.39. The molecule has 1 N–H and O–H groups in total. The van der Waals surface area contributed by atoms with Crippen molar-refractivity contribution in [1.29, 1.82) is 0 Å². The van der Waals surface area contributed by atoms with Crippen molar-refractivity contribution in [2.45, 2.75) is 44.1 Å². The van der Waals surface area contributed by atoms with Crippen LogP contribution in [0.1, 0.15) is 42.7 Å². The summed E-state index contributed by atoms with van der Waals surface area (Å²) < 4.78 is 0. The number of aliphatic hydroxyl groups excluding tert-OH is 1. The molecule has 0 saturated heterocycles. The second-order valence-electron chi connectivity index (χ2n) is 5.89. The molecule has 0 aliphatic carbocycles. The van der Waals surface area contributed by atoms with Crippen molar-refractivity contribution in [3.63, 3.8) is 0 Å². The zero-order valence-electron chi connectivity index (χ0n) is 13.3. The van der Waals surface area contributed by atoms with Gasteiger partial charge in [-0.1, -0.05) is 60.7 Å². The summed E-state index contributed by atoms with van der Waals surface area (Å²) in [6.07, 6.45) is 3.11.